The SMILES string of the molecule is C=CCNC(=O)CN1CCN(CC(=O)Nc2cc(Cl)ccc2OC)CC1. The number of hydrogen-bond acceptors (Lipinski definition) is 5. The fraction of sp³-hybridized carbons (Fsp3) is 0.444. The summed E-state index contributed by atoms with van der Waals surface area (Å²) in [4.78, 5) is 28.2. The van der Waals surface area contributed by atoms with Crippen molar-refractivity contribution in [2.45, 2.75) is 0 Å². The maximum Gasteiger partial charge on any atom is 0.238 e. The monoisotopic (exact) mass is 380 g/mol. The predicted molar refractivity (Wildman–Crippen MR) is 103 cm³/mol. The molecule has 2 amide bonds. The van der Waals surface area contributed by atoms with Crippen LogP contribution in [0.3, 0.4) is 0 Å². The summed E-state index contributed by atoms with van der Waals surface area (Å²) < 4.78 is 5.23. The smallest absolute Gasteiger partial charge is 0.238 e. The summed E-state index contributed by atoms with van der Waals surface area (Å²) in [6.07, 6.45) is 1.66. The molecule has 0 atom stereocenters. The summed E-state index contributed by atoms with van der Waals surface area (Å²) in [5.74, 6) is 0.435. The Morgan fingerprint density at radius 3 is 2.38 bits per heavy atom. The van der Waals surface area contributed by atoms with Crippen molar-refractivity contribution in [3.8, 4) is 5.75 Å². The highest BCUT2D eigenvalue weighted by Gasteiger charge is 2.20. The number of methoxy groups -OCH3 is 1. The van der Waals surface area contributed by atoms with E-state index < -0.39 is 0 Å². The quantitative estimate of drug-likeness (QED) is 0.663. The number of benzene rings is 1. The van der Waals surface area contributed by atoms with Gasteiger partial charge in [-0.15, -0.1) is 6.58 Å². The first-order valence-electron chi connectivity index (χ1n) is 8.47. The van der Waals surface area contributed by atoms with Crippen LogP contribution in [-0.4, -0.2) is 74.5 Å². The summed E-state index contributed by atoms with van der Waals surface area (Å²) in [5, 5.41) is 6.14. The van der Waals surface area contributed by atoms with Crippen molar-refractivity contribution in [2.24, 2.45) is 0 Å². The zero-order valence-electron chi connectivity index (χ0n) is 15.0. The minimum atomic E-state index is -0.122. The summed E-state index contributed by atoms with van der Waals surface area (Å²) in [6.45, 7) is 7.66. The minimum Gasteiger partial charge on any atom is -0.495 e. The van der Waals surface area contributed by atoms with E-state index in [-0.39, 0.29) is 18.4 Å². The molecule has 1 fully saturated rings. The molecule has 1 aromatic rings. The van der Waals surface area contributed by atoms with Crippen LogP contribution in [0.1, 0.15) is 0 Å². The number of anilines is 1. The second-order valence-electron chi connectivity index (χ2n) is 6.04. The fourth-order valence-electron chi connectivity index (χ4n) is 2.72. The van der Waals surface area contributed by atoms with Crippen LogP contribution in [0.4, 0.5) is 5.69 Å². The molecule has 0 bridgehead atoms. The second kappa shape index (κ2) is 10.2. The lowest BCUT2D eigenvalue weighted by Crippen LogP contribution is -2.51. The van der Waals surface area contributed by atoms with Crippen LogP contribution >= 0.6 is 11.6 Å². The van der Waals surface area contributed by atoms with Gasteiger partial charge in [0.25, 0.3) is 0 Å². The second-order valence-corrected chi connectivity index (χ2v) is 6.47. The van der Waals surface area contributed by atoms with Crippen molar-refractivity contribution < 1.29 is 14.3 Å². The molecule has 1 aromatic carbocycles. The Labute approximate surface area is 158 Å². The van der Waals surface area contributed by atoms with Crippen molar-refractivity contribution in [2.75, 3.05) is 58.2 Å². The molecule has 0 aliphatic carbocycles. The average molecular weight is 381 g/mol. The molecule has 2 N–H and O–H groups in total. The summed E-state index contributed by atoms with van der Waals surface area (Å²) in [7, 11) is 1.54. The first-order chi connectivity index (χ1) is 12.5. The van der Waals surface area contributed by atoms with Crippen LogP contribution in [-0.2, 0) is 9.59 Å². The Hall–Kier alpha value is -2.09. The van der Waals surface area contributed by atoms with Gasteiger partial charge in [-0.2, -0.15) is 0 Å². The van der Waals surface area contributed by atoms with E-state index in [4.69, 9.17) is 16.3 Å². The molecule has 142 valence electrons. The highest BCUT2D eigenvalue weighted by atomic mass is 35.5. The third-order valence-electron chi connectivity index (χ3n) is 4.08. The number of ether oxygens (including phenoxy) is 1. The normalized spacial score (nSPS) is 15.3. The van der Waals surface area contributed by atoms with E-state index in [9.17, 15) is 9.59 Å². The van der Waals surface area contributed by atoms with Gasteiger partial charge in [-0.25, -0.2) is 0 Å². The van der Waals surface area contributed by atoms with Gasteiger partial charge < -0.3 is 15.4 Å². The van der Waals surface area contributed by atoms with Crippen molar-refractivity contribution in [3.05, 3.63) is 35.9 Å². The van der Waals surface area contributed by atoms with Crippen LogP contribution in [0.5, 0.6) is 5.75 Å². The van der Waals surface area contributed by atoms with Crippen molar-refractivity contribution >= 4 is 29.1 Å². The maximum absolute atomic E-state index is 12.3. The number of amides is 2. The Balaban J connectivity index is 1.77. The lowest BCUT2D eigenvalue weighted by atomic mass is 10.2. The minimum absolute atomic E-state index is 0.0101. The standard InChI is InChI=1S/C18H25ClN4O3/c1-3-6-20-17(24)12-22-7-9-23(10-8-22)13-18(25)21-15-11-14(19)4-5-16(15)26-2/h3-5,11H,1,6-10,12-13H2,2H3,(H,20,24)(H,21,25). The molecule has 0 unspecified atom stereocenters. The first-order valence-corrected chi connectivity index (χ1v) is 8.85. The molecular formula is C18H25ClN4O3. The highest BCUT2D eigenvalue weighted by molar-refractivity contribution is 6.31. The van der Waals surface area contributed by atoms with Crippen molar-refractivity contribution in [1.29, 1.82) is 0 Å². The maximum atomic E-state index is 12.3. The number of nitrogens with zero attached hydrogens (tertiary/aromatic N) is 2. The molecule has 1 heterocycles. The van der Waals surface area contributed by atoms with Gasteiger partial charge in [0.1, 0.15) is 5.75 Å². The third-order valence-corrected chi connectivity index (χ3v) is 4.31. The average Bonchev–Trinajstić information content (AvgIpc) is 2.62. The van der Waals surface area contributed by atoms with E-state index in [1.54, 1.807) is 31.4 Å². The molecule has 0 spiro atoms. The van der Waals surface area contributed by atoms with Gasteiger partial charge in [0.2, 0.25) is 11.8 Å². The van der Waals surface area contributed by atoms with E-state index in [0.717, 1.165) is 26.2 Å². The van der Waals surface area contributed by atoms with E-state index in [0.29, 0.717) is 29.5 Å². The molecule has 26 heavy (non-hydrogen) atoms. The van der Waals surface area contributed by atoms with Gasteiger partial charge in [-0.1, -0.05) is 17.7 Å². The Morgan fingerprint density at radius 1 is 1.19 bits per heavy atom. The lowest BCUT2D eigenvalue weighted by Gasteiger charge is -2.33. The third kappa shape index (κ3) is 6.33. The van der Waals surface area contributed by atoms with E-state index >= 15 is 0 Å². The van der Waals surface area contributed by atoms with Crippen LogP contribution in [0.25, 0.3) is 0 Å². The Bertz CT molecular complexity index is 645. The predicted octanol–water partition coefficient (Wildman–Crippen LogP) is 1.21. The van der Waals surface area contributed by atoms with Crippen molar-refractivity contribution in [1.82, 2.24) is 15.1 Å². The van der Waals surface area contributed by atoms with Gasteiger partial charge in [-0.3, -0.25) is 19.4 Å². The Kier molecular flexibility index (Phi) is 7.90. The van der Waals surface area contributed by atoms with Gasteiger partial charge in [-0.05, 0) is 18.2 Å². The molecule has 0 radical (unpaired) electrons. The Morgan fingerprint density at radius 2 is 1.81 bits per heavy atom. The molecule has 7 nitrogen and oxygen atoms in total. The first kappa shape index (κ1) is 20.2. The number of rotatable bonds is 8. The zero-order valence-corrected chi connectivity index (χ0v) is 15.7. The highest BCUT2D eigenvalue weighted by Crippen LogP contribution is 2.27. The van der Waals surface area contributed by atoms with Crippen molar-refractivity contribution in [3.63, 3.8) is 0 Å². The largest absolute Gasteiger partial charge is 0.495 e. The van der Waals surface area contributed by atoms with Crippen LogP contribution in [0, 0.1) is 0 Å². The van der Waals surface area contributed by atoms with Gasteiger partial charge in [0.15, 0.2) is 0 Å². The number of hydrogen-bond donors (Lipinski definition) is 2. The topological polar surface area (TPSA) is 73.9 Å². The van der Waals surface area contributed by atoms with Crippen LogP contribution in [0.15, 0.2) is 30.9 Å². The van der Waals surface area contributed by atoms with Crippen LogP contribution < -0.4 is 15.4 Å². The van der Waals surface area contributed by atoms with Gasteiger partial charge >= 0.3 is 0 Å². The van der Waals surface area contributed by atoms with Gasteiger partial charge in [0, 0.05) is 37.7 Å². The molecule has 0 aromatic heterocycles. The molecule has 1 aliphatic heterocycles. The molecule has 2 rings (SSSR count). The number of carbonyl (C=O) groups is 2. The summed E-state index contributed by atoms with van der Waals surface area (Å²) in [5.41, 5.74) is 0.558. The molecule has 0 saturated carbocycles. The number of nitrogens with one attached hydrogen (secondary N) is 2. The molecule has 1 saturated heterocycles. The van der Waals surface area contributed by atoms with Gasteiger partial charge in [0.05, 0.1) is 25.9 Å². The molecule has 8 heteroatoms. The molecule has 1 aliphatic rings. The fourth-order valence-corrected chi connectivity index (χ4v) is 2.89. The summed E-state index contributed by atoms with van der Waals surface area (Å²) >= 11 is 5.98. The summed E-state index contributed by atoms with van der Waals surface area (Å²) in [6, 6.07) is 5.09. The lowest BCUT2D eigenvalue weighted by molar-refractivity contribution is -0.123. The zero-order chi connectivity index (χ0) is 18.9. The number of piperazine rings is 1. The number of halogens is 1. The molecular weight excluding hydrogens is 356 g/mol. The van der Waals surface area contributed by atoms with Crippen LogP contribution in [0.2, 0.25) is 5.02 Å². The number of carbonyl (C=O) groups excluding carboxylic acids is 2. The van der Waals surface area contributed by atoms with E-state index in [1.165, 1.54) is 0 Å². The van der Waals surface area contributed by atoms with E-state index in [2.05, 4.69) is 27.0 Å². The van der Waals surface area contributed by atoms with E-state index in [1.807, 2.05) is 0 Å².